The lowest BCUT2D eigenvalue weighted by atomic mass is 10.2. The molecule has 1 aromatic heterocycles. The Labute approximate surface area is 135 Å². The largest absolute Gasteiger partial charge is 0.229 e. The summed E-state index contributed by atoms with van der Waals surface area (Å²) in [7, 11) is 0. The van der Waals surface area contributed by atoms with Gasteiger partial charge in [-0.15, -0.1) is 11.3 Å². The highest BCUT2D eigenvalue weighted by Crippen LogP contribution is 2.33. The second kappa shape index (κ2) is 6.19. The van der Waals surface area contributed by atoms with Gasteiger partial charge in [-0.25, -0.2) is 4.98 Å². The van der Waals surface area contributed by atoms with Crippen molar-refractivity contribution in [3.63, 3.8) is 0 Å². The molecule has 0 aliphatic rings. The van der Waals surface area contributed by atoms with Gasteiger partial charge in [-0.05, 0) is 36.4 Å². The molecule has 0 atom stereocenters. The van der Waals surface area contributed by atoms with Gasteiger partial charge >= 0.3 is 0 Å². The van der Waals surface area contributed by atoms with Crippen LogP contribution in [-0.2, 0) is 0 Å². The maximum atomic E-state index is 5.89. The van der Waals surface area contributed by atoms with Gasteiger partial charge in [-0.2, -0.15) is 0 Å². The molecule has 2 aromatic carbocycles. The smallest absolute Gasteiger partial charge is 0.124 e. The number of rotatable bonds is 3. The van der Waals surface area contributed by atoms with E-state index in [9.17, 15) is 0 Å². The molecule has 20 heavy (non-hydrogen) atoms. The molecule has 0 aliphatic heterocycles. The van der Waals surface area contributed by atoms with Crippen molar-refractivity contribution in [1.29, 1.82) is 0 Å². The van der Waals surface area contributed by atoms with E-state index in [4.69, 9.17) is 23.2 Å². The van der Waals surface area contributed by atoms with E-state index in [1.807, 2.05) is 48.5 Å². The number of nitrogens with zero attached hydrogens (tertiary/aromatic N) is 1. The minimum atomic E-state index is 0.737. The van der Waals surface area contributed by atoms with Crippen molar-refractivity contribution in [2.75, 3.05) is 0 Å². The Hall–Kier alpha value is -1.00. The lowest BCUT2D eigenvalue weighted by molar-refractivity contribution is 1.20. The summed E-state index contributed by atoms with van der Waals surface area (Å²) in [6.07, 6.45) is 0. The standard InChI is InChI=1S/C15H9Cl2NS2/c16-11-3-1-10(2-4-11)15-18-14(9-19-15)20-13-7-5-12(17)6-8-13/h1-9H. The van der Waals surface area contributed by atoms with Gasteiger partial charge in [0.15, 0.2) is 0 Å². The third kappa shape index (κ3) is 3.36. The van der Waals surface area contributed by atoms with E-state index < -0.39 is 0 Å². The van der Waals surface area contributed by atoms with Crippen LogP contribution in [0.4, 0.5) is 0 Å². The molecular weight excluding hydrogens is 329 g/mol. The molecule has 0 fully saturated rings. The summed E-state index contributed by atoms with van der Waals surface area (Å²) < 4.78 is 0. The minimum absolute atomic E-state index is 0.737. The van der Waals surface area contributed by atoms with Gasteiger partial charge in [0.1, 0.15) is 10.0 Å². The highest BCUT2D eigenvalue weighted by molar-refractivity contribution is 7.99. The number of hydrogen-bond donors (Lipinski definition) is 0. The van der Waals surface area contributed by atoms with E-state index in [1.54, 1.807) is 23.1 Å². The van der Waals surface area contributed by atoms with Crippen molar-refractivity contribution >= 4 is 46.3 Å². The molecule has 5 heteroatoms. The lowest BCUT2D eigenvalue weighted by Gasteiger charge is -1.98. The molecule has 3 aromatic rings. The van der Waals surface area contributed by atoms with E-state index in [2.05, 4.69) is 10.4 Å². The number of hydrogen-bond acceptors (Lipinski definition) is 3. The average molecular weight is 338 g/mol. The molecule has 0 spiro atoms. The summed E-state index contributed by atoms with van der Waals surface area (Å²) in [4.78, 5) is 5.76. The first-order valence-corrected chi connectivity index (χ1v) is 8.31. The van der Waals surface area contributed by atoms with Gasteiger partial charge < -0.3 is 0 Å². The summed E-state index contributed by atoms with van der Waals surface area (Å²) in [5.41, 5.74) is 1.09. The average Bonchev–Trinajstić information content (AvgIpc) is 2.91. The molecular formula is C15H9Cl2NS2. The van der Waals surface area contributed by atoms with Gasteiger partial charge in [-0.3, -0.25) is 0 Å². The van der Waals surface area contributed by atoms with Gasteiger partial charge in [-0.1, -0.05) is 47.1 Å². The Morgan fingerprint density at radius 2 is 1.45 bits per heavy atom. The Balaban J connectivity index is 1.80. The number of aromatic nitrogens is 1. The highest BCUT2D eigenvalue weighted by Gasteiger charge is 2.06. The van der Waals surface area contributed by atoms with Crippen molar-refractivity contribution in [3.05, 3.63) is 64.0 Å². The molecule has 3 rings (SSSR count). The van der Waals surface area contributed by atoms with Crippen LogP contribution in [0.2, 0.25) is 10.0 Å². The van der Waals surface area contributed by atoms with Crippen molar-refractivity contribution in [3.8, 4) is 10.6 Å². The molecule has 0 saturated heterocycles. The van der Waals surface area contributed by atoms with E-state index in [-0.39, 0.29) is 0 Å². The molecule has 0 aliphatic carbocycles. The van der Waals surface area contributed by atoms with E-state index in [1.165, 1.54) is 0 Å². The summed E-state index contributed by atoms with van der Waals surface area (Å²) in [5.74, 6) is 0. The van der Waals surface area contributed by atoms with Crippen LogP contribution in [0.25, 0.3) is 10.6 Å². The van der Waals surface area contributed by atoms with Crippen LogP contribution in [0, 0.1) is 0 Å². The third-order valence-corrected chi connectivity index (χ3v) is 5.08. The summed E-state index contributed by atoms with van der Waals surface area (Å²) in [6, 6.07) is 15.5. The van der Waals surface area contributed by atoms with Crippen LogP contribution in [0.1, 0.15) is 0 Å². The van der Waals surface area contributed by atoms with Crippen LogP contribution in [0.15, 0.2) is 63.8 Å². The fourth-order valence-electron chi connectivity index (χ4n) is 1.65. The third-order valence-electron chi connectivity index (χ3n) is 2.61. The number of halogens is 2. The Morgan fingerprint density at radius 3 is 2.10 bits per heavy atom. The highest BCUT2D eigenvalue weighted by atomic mass is 35.5. The Morgan fingerprint density at radius 1 is 0.850 bits per heavy atom. The van der Waals surface area contributed by atoms with Gasteiger partial charge in [0, 0.05) is 25.9 Å². The summed E-state index contributed by atoms with van der Waals surface area (Å²) in [5, 5.41) is 5.53. The monoisotopic (exact) mass is 337 g/mol. The molecule has 0 radical (unpaired) electrons. The van der Waals surface area contributed by atoms with Crippen molar-refractivity contribution in [1.82, 2.24) is 4.98 Å². The summed E-state index contributed by atoms with van der Waals surface area (Å²) in [6.45, 7) is 0. The van der Waals surface area contributed by atoms with Crippen LogP contribution in [-0.4, -0.2) is 4.98 Å². The van der Waals surface area contributed by atoms with Crippen molar-refractivity contribution in [2.45, 2.75) is 9.92 Å². The first-order chi connectivity index (χ1) is 9.70. The minimum Gasteiger partial charge on any atom is -0.229 e. The van der Waals surface area contributed by atoms with Gasteiger partial charge in [0.2, 0.25) is 0 Å². The van der Waals surface area contributed by atoms with Gasteiger partial charge in [0.05, 0.1) is 0 Å². The molecule has 1 nitrogen and oxygen atoms in total. The zero-order valence-electron chi connectivity index (χ0n) is 10.2. The number of thiazole rings is 1. The molecule has 1 heterocycles. The molecule has 0 N–H and O–H groups in total. The van der Waals surface area contributed by atoms with E-state index in [0.29, 0.717) is 0 Å². The maximum Gasteiger partial charge on any atom is 0.124 e. The second-order valence-electron chi connectivity index (χ2n) is 4.05. The number of benzene rings is 2. The van der Waals surface area contributed by atoms with Crippen LogP contribution >= 0.6 is 46.3 Å². The van der Waals surface area contributed by atoms with Crippen molar-refractivity contribution < 1.29 is 0 Å². The van der Waals surface area contributed by atoms with E-state index in [0.717, 1.165) is 30.5 Å². The van der Waals surface area contributed by atoms with Crippen molar-refractivity contribution in [2.24, 2.45) is 0 Å². The lowest BCUT2D eigenvalue weighted by Crippen LogP contribution is -1.77. The fraction of sp³-hybridized carbons (Fsp3) is 0. The topological polar surface area (TPSA) is 12.9 Å². The van der Waals surface area contributed by atoms with Crippen LogP contribution in [0.3, 0.4) is 0 Å². The zero-order chi connectivity index (χ0) is 13.9. The van der Waals surface area contributed by atoms with Crippen LogP contribution < -0.4 is 0 Å². The zero-order valence-corrected chi connectivity index (χ0v) is 13.4. The predicted molar refractivity (Wildman–Crippen MR) is 88.1 cm³/mol. The second-order valence-corrected chi connectivity index (χ2v) is 6.88. The molecule has 0 saturated carbocycles. The summed E-state index contributed by atoms with van der Waals surface area (Å²) >= 11 is 15.0. The van der Waals surface area contributed by atoms with Gasteiger partial charge in [0.25, 0.3) is 0 Å². The first-order valence-electron chi connectivity index (χ1n) is 5.85. The predicted octanol–water partition coefficient (Wildman–Crippen LogP) is 6.27. The molecule has 0 unspecified atom stereocenters. The Bertz CT molecular complexity index is 705. The molecule has 0 amide bonds. The quantitative estimate of drug-likeness (QED) is 0.558. The van der Waals surface area contributed by atoms with Crippen LogP contribution in [0.5, 0.6) is 0 Å². The first kappa shape index (κ1) is 14.0. The normalized spacial score (nSPS) is 10.7. The SMILES string of the molecule is Clc1ccc(Sc2csc(-c3ccc(Cl)cc3)n2)cc1. The maximum absolute atomic E-state index is 5.89. The Kier molecular flexibility index (Phi) is 4.32. The molecule has 100 valence electrons. The van der Waals surface area contributed by atoms with E-state index >= 15 is 0 Å². The fourth-order valence-corrected chi connectivity index (χ4v) is 3.64. The molecule has 0 bridgehead atoms.